The fraction of sp³-hybridized carbons (Fsp3) is 0.273. The Bertz CT molecular complexity index is 1060. The average molecular weight is 404 g/mol. The predicted molar refractivity (Wildman–Crippen MR) is 110 cm³/mol. The smallest absolute Gasteiger partial charge is 0.338 e. The number of nitrogens with one attached hydrogen (secondary N) is 2. The molecule has 0 radical (unpaired) electrons. The minimum absolute atomic E-state index is 0.0688. The zero-order valence-electron chi connectivity index (χ0n) is 16.3. The van der Waals surface area contributed by atoms with Crippen molar-refractivity contribution in [3.05, 3.63) is 53.6 Å². The number of esters is 1. The van der Waals surface area contributed by atoms with Gasteiger partial charge in [-0.25, -0.2) is 4.79 Å². The molecule has 2 aromatic rings. The zero-order chi connectivity index (χ0) is 21.3. The van der Waals surface area contributed by atoms with E-state index in [0.29, 0.717) is 16.9 Å². The lowest BCUT2D eigenvalue weighted by molar-refractivity contribution is -0.123. The van der Waals surface area contributed by atoms with Crippen molar-refractivity contribution >= 4 is 34.8 Å². The van der Waals surface area contributed by atoms with Crippen LogP contribution in [0.4, 0.5) is 17.1 Å². The van der Waals surface area contributed by atoms with Crippen molar-refractivity contribution in [1.29, 1.82) is 5.26 Å². The number of anilines is 3. The van der Waals surface area contributed by atoms with Gasteiger partial charge in [-0.2, -0.15) is 5.26 Å². The average Bonchev–Trinajstić information content (AvgIpc) is 3.24. The van der Waals surface area contributed by atoms with Gasteiger partial charge in [-0.3, -0.25) is 9.59 Å². The van der Waals surface area contributed by atoms with Crippen LogP contribution in [0.2, 0.25) is 0 Å². The highest BCUT2D eigenvalue weighted by Crippen LogP contribution is 2.37. The third-order valence-electron chi connectivity index (χ3n) is 5.29. The van der Waals surface area contributed by atoms with E-state index in [1.807, 2.05) is 6.07 Å². The van der Waals surface area contributed by atoms with E-state index in [1.54, 1.807) is 42.5 Å². The summed E-state index contributed by atoms with van der Waals surface area (Å²) in [6.07, 6.45) is 0.746. The van der Waals surface area contributed by atoms with Gasteiger partial charge in [-0.15, -0.1) is 0 Å². The van der Waals surface area contributed by atoms with Gasteiger partial charge in [0.05, 0.1) is 28.6 Å². The second kappa shape index (κ2) is 7.87. The van der Waals surface area contributed by atoms with Crippen LogP contribution in [-0.2, 0) is 14.3 Å². The highest BCUT2D eigenvalue weighted by molar-refractivity contribution is 6.05. The summed E-state index contributed by atoms with van der Waals surface area (Å²) < 4.78 is 5.29. The molecular formula is C22H20N4O4. The first-order valence-electron chi connectivity index (χ1n) is 9.70. The molecule has 1 saturated heterocycles. The number of benzene rings is 2. The normalized spacial score (nSPS) is 17.8. The van der Waals surface area contributed by atoms with Gasteiger partial charge in [0.25, 0.3) is 5.91 Å². The summed E-state index contributed by atoms with van der Waals surface area (Å²) >= 11 is 0. The maximum Gasteiger partial charge on any atom is 0.338 e. The van der Waals surface area contributed by atoms with E-state index < -0.39 is 18.0 Å². The molecule has 0 saturated carbocycles. The van der Waals surface area contributed by atoms with E-state index >= 15 is 0 Å². The van der Waals surface area contributed by atoms with Crippen molar-refractivity contribution in [1.82, 2.24) is 0 Å². The summed E-state index contributed by atoms with van der Waals surface area (Å²) in [6, 6.07) is 13.2. The van der Waals surface area contributed by atoms with Crippen molar-refractivity contribution in [3.63, 3.8) is 0 Å². The Hall–Kier alpha value is -3.86. The molecule has 2 amide bonds. The number of hydrogen-bond acceptors (Lipinski definition) is 6. The van der Waals surface area contributed by atoms with E-state index in [0.717, 1.165) is 25.1 Å². The zero-order valence-corrected chi connectivity index (χ0v) is 16.3. The number of amides is 2. The molecule has 2 N–H and O–H groups in total. The molecule has 0 unspecified atom stereocenters. The first kappa shape index (κ1) is 19.5. The number of nitrogens with zero attached hydrogens (tertiary/aromatic N) is 2. The summed E-state index contributed by atoms with van der Waals surface area (Å²) in [6.45, 7) is 2.29. The SMILES string of the molecule is C[C@H](OC(=O)c1ccc2c(c1)NC(=O)[C@@H]1CCCN21)C(=O)Nc1ccc(C#N)cc1. The number of rotatable bonds is 4. The Morgan fingerprint density at radius 2 is 2.03 bits per heavy atom. The molecule has 2 aliphatic heterocycles. The van der Waals surface area contributed by atoms with Crippen LogP contribution in [0, 0.1) is 11.3 Å². The molecule has 0 aliphatic carbocycles. The molecule has 30 heavy (non-hydrogen) atoms. The third kappa shape index (κ3) is 3.70. The second-order valence-corrected chi connectivity index (χ2v) is 7.30. The summed E-state index contributed by atoms with van der Waals surface area (Å²) in [4.78, 5) is 39.2. The summed E-state index contributed by atoms with van der Waals surface area (Å²) in [5.74, 6) is -1.21. The van der Waals surface area contributed by atoms with E-state index in [-0.39, 0.29) is 17.5 Å². The standard InChI is InChI=1S/C22H20N4O4/c1-13(20(27)24-16-7-4-14(12-23)5-8-16)30-22(29)15-6-9-18-17(11-15)25-21(28)19-3-2-10-26(18)19/h4-9,11,13,19H,2-3,10H2,1H3,(H,24,27)(H,25,28)/t13-,19-/m0/s1. The second-order valence-electron chi connectivity index (χ2n) is 7.30. The van der Waals surface area contributed by atoms with Crippen LogP contribution in [0.15, 0.2) is 42.5 Å². The molecule has 0 spiro atoms. The molecule has 2 aliphatic rings. The number of hydrogen-bond donors (Lipinski definition) is 2. The lowest BCUT2D eigenvalue weighted by atomic mass is 10.1. The maximum atomic E-state index is 12.5. The van der Waals surface area contributed by atoms with Gasteiger partial charge in [0.2, 0.25) is 5.91 Å². The minimum atomic E-state index is -1.03. The Morgan fingerprint density at radius 3 is 2.77 bits per heavy atom. The van der Waals surface area contributed by atoms with Crippen molar-refractivity contribution in [3.8, 4) is 6.07 Å². The molecule has 8 heteroatoms. The first-order chi connectivity index (χ1) is 14.5. The summed E-state index contributed by atoms with van der Waals surface area (Å²) in [5, 5.41) is 14.3. The Kier molecular flexibility index (Phi) is 5.11. The fourth-order valence-electron chi connectivity index (χ4n) is 3.71. The van der Waals surface area contributed by atoms with Gasteiger partial charge in [0, 0.05) is 12.2 Å². The Morgan fingerprint density at radius 1 is 1.27 bits per heavy atom. The number of ether oxygens (including phenoxy) is 1. The quantitative estimate of drug-likeness (QED) is 0.758. The van der Waals surface area contributed by atoms with E-state index in [2.05, 4.69) is 15.5 Å². The molecule has 152 valence electrons. The molecule has 4 rings (SSSR count). The van der Waals surface area contributed by atoms with Crippen molar-refractivity contribution in [2.45, 2.75) is 31.9 Å². The third-order valence-corrected chi connectivity index (χ3v) is 5.29. The van der Waals surface area contributed by atoms with Gasteiger partial charge < -0.3 is 20.3 Å². The predicted octanol–water partition coefficient (Wildman–Crippen LogP) is 2.66. The van der Waals surface area contributed by atoms with Gasteiger partial charge in [-0.1, -0.05) is 0 Å². The summed E-state index contributed by atoms with van der Waals surface area (Å²) in [7, 11) is 0. The highest BCUT2D eigenvalue weighted by atomic mass is 16.5. The molecule has 8 nitrogen and oxygen atoms in total. The van der Waals surface area contributed by atoms with Gasteiger partial charge >= 0.3 is 5.97 Å². The van der Waals surface area contributed by atoms with Crippen LogP contribution in [0.1, 0.15) is 35.7 Å². The van der Waals surface area contributed by atoms with Crippen molar-refractivity contribution < 1.29 is 19.1 Å². The molecule has 0 aromatic heterocycles. The fourth-order valence-corrected chi connectivity index (χ4v) is 3.71. The van der Waals surface area contributed by atoms with Gasteiger partial charge in [-0.05, 0) is 62.2 Å². The van der Waals surface area contributed by atoms with Crippen molar-refractivity contribution in [2.75, 3.05) is 22.1 Å². The lowest BCUT2D eigenvalue weighted by Crippen LogP contribution is -2.43. The molecular weight excluding hydrogens is 384 g/mol. The lowest BCUT2D eigenvalue weighted by Gasteiger charge is -2.33. The topological polar surface area (TPSA) is 112 Å². The van der Waals surface area contributed by atoms with Crippen LogP contribution in [0.5, 0.6) is 0 Å². The van der Waals surface area contributed by atoms with E-state index in [9.17, 15) is 14.4 Å². The number of nitriles is 1. The monoisotopic (exact) mass is 404 g/mol. The number of fused-ring (bicyclic) bond motifs is 3. The largest absolute Gasteiger partial charge is 0.449 e. The highest BCUT2D eigenvalue weighted by Gasteiger charge is 2.36. The van der Waals surface area contributed by atoms with E-state index in [1.165, 1.54) is 6.92 Å². The van der Waals surface area contributed by atoms with E-state index in [4.69, 9.17) is 10.00 Å². The van der Waals surface area contributed by atoms with Crippen LogP contribution in [-0.4, -0.2) is 36.5 Å². The molecule has 0 bridgehead atoms. The van der Waals surface area contributed by atoms with Crippen LogP contribution >= 0.6 is 0 Å². The van der Waals surface area contributed by atoms with Crippen LogP contribution in [0.25, 0.3) is 0 Å². The molecule has 2 aromatic carbocycles. The van der Waals surface area contributed by atoms with Gasteiger partial charge in [0.1, 0.15) is 6.04 Å². The minimum Gasteiger partial charge on any atom is -0.449 e. The summed E-state index contributed by atoms with van der Waals surface area (Å²) in [5.41, 5.74) is 2.69. The van der Waals surface area contributed by atoms with Crippen LogP contribution in [0.3, 0.4) is 0 Å². The number of carbonyl (C=O) groups excluding carboxylic acids is 3. The Balaban J connectivity index is 1.42. The van der Waals surface area contributed by atoms with Gasteiger partial charge in [0.15, 0.2) is 6.10 Å². The molecule has 2 atom stereocenters. The van der Waals surface area contributed by atoms with Crippen molar-refractivity contribution in [2.24, 2.45) is 0 Å². The van der Waals surface area contributed by atoms with Crippen LogP contribution < -0.4 is 15.5 Å². The molecule has 2 heterocycles. The first-order valence-corrected chi connectivity index (χ1v) is 9.70. The molecule has 1 fully saturated rings. The number of carbonyl (C=O) groups is 3. The maximum absolute atomic E-state index is 12.5. The Labute approximate surface area is 173 Å².